The van der Waals surface area contributed by atoms with E-state index in [9.17, 15) is 4.79 Å². The van der Waals surface area contributed by atoms with Crippen LogP contribution in [0, 0.1) is 0 Å². The second-order valence-electron chi connectivity index (χ2n) is 4.49. The predicted molar refractivity (Wildman–Crippen MR) is 79.6 cm³/mol. The largest absolute Gasteiger partial charge is 0.395 e. The molecule has 2 rings (SSSR count). The van der Waals surface area contributed by atoms with Gasteiger partial charge in [-0.2, -0.15) is 5.10 Å². The van der Waals surface area contributed by atoms with E-state index in [1.165, 1.54) is 0 Å². The molecule has 5 nitrogen and oxygen atoms in total. The van der Waals surface area contributed by atoms with E-state index in [0.717, 1.165) is 24.1 Å². The first-order valence-corrected chi connectivity index (χ1v) is 6.85. The average molecular weight is 293 g/mol. The zero-order chi connectivity index (χ0) is 14.5. The molecule has 1 aromatic carbocycles. The van der Waals surface area contributed by atoms with Crippen LogP contribution < -0.4 is 11.1 Å². The van der Waals surface area contributed by atoms with Crippen molar-refractivity contribution in [2.45, 2.75) is 26.3 Å². The number of carbonyl (C=O) groups is 1. The number of rotatable bonds is 5. The number of nitrogens with two attached hydrogens (primary N) is 1. The maximum Gasteiger partial charge on any atom is 0.274 e. The topological polar surface area (TPSA) is 83.8 Å². The minimum Gasteiger partial charge on any atom is -0.395 e. The van der Waals surface area contributed by atoms with Crippen molar-refractivity contribution in [1.29, 1.82) is 0 Å². The van der Waals surface area contributed by atoms with Gasteiger partial charge in [0.05, 0.1) is 11.4 Å². The molecule has 0 unspecified atom stereocenters. The first-order valence-electron chi connectivity index (χ1n) is 6.47. The van der Waals surface area contributed by atoms with Crippen LogP contribution in [0.4, 0.5) is 5.69 Å². The molecule has 0 aliphatic heterocycles. The predicted octanol–water partition coefficient (Wildman–Crippen LogP) is 2.53. The fourth-order valence-corrected chi connectivity index (χ4v) is 2.10. The van der Waals surface area contributed by atoms with Crippen LogP contribution in [0.25, 0.3) is 0 Å². The smallest absolute Gasteiger partial charge is 0.274 e. The van der Waals surface area contributed by atoms with Gasteiger partial charge in [0.1, 0.15) is 0 Å². The highest BCUT2D eigenvalue weighted by molar-refractivity contribution is 6.31. The lowest BCUT2D eigenvalue weighted by atomic mass is 10.2. The third-order valence-corrected chi connectivity index (χ3v) is 3.36. The molecule has 0 aliphatic carbocycles. The van der Waals surface area contributed by atoms with E-state index in [-0.39, 0.29) is 11.6 Å². The monoisotopic (exact) mass is 292 g/mol. The Morgan fingerprint density at radius 2 is 2.20 bits per heavy atom. The van der Waals surface area contributed by atoms with Gasteiger partial charge in [-0.15, -0.1) is 0 Å². The highest BCUT2D eigenvalue weighted by Gasteiger charge is 2.16. The number of nitrogen functional groups attached to an aromatic ring is 1. The van der Waals surface area contributed by atoms with Crippen LogP contribution in [0.15, 0.2) is 24.3 Å². The number of aryl methyl sites for hydroxylation is 1. The standard InChI is InChI=1S/C14H17ClN4O/c1-2-5-11-12(16)13(19-18-11)14(20)17-8-9-6-3-4-7-10(9)15/h3-4,6-7H,2,5,8,16H2,1H3,(H,17,20)(H,18,19). The summed E-state index contributed by atoms with van der Waals surface area (Å²) >= 11 is 6.03. The summed E-state index contributed by atoms with van der Waals surface area (Å²) in [5.74, 6) is -0.305. The lowest BCUT2D eigenvalue weighted by Crippen LogP contribution is -2.24. The first-order chi connectivity index (χ1) is 9.63. The molecule has 1 amide bonds. The quantitative estimate of drug-likeness (QED) is 0.792. The van der Waals surface area contributed by atoms with E-state index in [1.807, 2.05) is 25.1 Å². The first kappa shape index (κ1) is 14.4. The number of halogens is 1. The highest BCUT2D eigenvalue weighted by atomic mass is 35.5. The number of anilines is 1. The molecule has 0 aliphatic rings. The number of nitrogens with one attached hydrogen (secondary N) is 2. The molecule has 2 aromatic rings. The van der Waals surface area contributed by atoms with Gasteiger partial charge in [0, 0.05) is 11.6 Å². The van der Waals surface area contributed by atoms with Crippen molar-refractivity contribution in [1.82, 2.24) is 15.5 Å². The molecule has 0 saturated carbocycles. The van der Waals surface area contributed by atoms with Crippen LogP contribution >= 0.6 is 11.6 Å². The zero-order valence-corrected chi connectivity index (χ0v) is 12.0. The molecule has 0 saturated heterocycles. The van der Waals surface area contributed by atoms with Crippen molar-refractivity contribution in [3.63, 3.8) is 0 Å². The van der Waals surface area contributed by atoms with Gasteiger partial charge in [-0.3, -0.25) is 9.89 Å². The molecule has 1 aromatic heterocycles. The number of H-pyrrole nitrogens is 1. The molecular formula is C14H17ClN4O. The Hall–Kier alpha value is -2.01. The van der Waals surface area contributed by atoms with Crippen LogP contribution in [0.2, 0.25) is 5.02 Å². The fourth-order valence-electron chi connectivity index (χ4n) is 1.90. The summed E-state index contributed by atoms with van der Waals surface area (Å²) in [7, 11) is 0. The molecule has 106 valence electrons. The van der Waals surface area contributed by atoms with Crippen molar-refractivity contribution in [3.05, 3.63) is 46.2 Å². The third-order valence-electron chi connectivity index (χ3n) is 3.00. The Morgan fingerprint density at radius 1 is 1.45 bits per heavy atom. The summed E-state index contributed by atoms with van der Waals surface area (Å²) in [5, 5.41) is 10.2. The highest BCUT2D eigenvalue weighted by Crippen LogP contribution is 2.17. The zero-order valence-electron chi connectivity index (χ0n) is 11.2. The van der Waals surface area contributed by atoms with Gasteiger partial charge < -0.3 is 11.1 Å². The van der Waals surface area contributed by atoms with Crippen LogP contribution in [0.3, 0.4) is 0 Å². The fraction of sp³-hybridized carbons (Fsp3) is 0.286. The van der Waals surface area contributed by atoms with E-state index in [1.54, 1.807) is 6.07 Å². The Kier molecular flexibility index (Phi) is 4.63. The summed E-state index contributed by atoms with van der Waals surface area (Å²) < 4.78 is 0. The van der Waals surface area contributed by atoms with Crippen molar-refractivity contribution in [3.8, 4) is 0 Å². The third kappa shape index (κ3) is 3.11. The van der Waals surface area contributed by atoms with E-state index in [4.69, 9.17) is 17.3 Å². The number of carbonyl (C=O) groups excluding carboxylic acids is 1. The van der Waals surface area contributed by atoms with Crippen molar-refractivity contribution < 1.29 is 4.79 Å². The summed E-state index contributed by atoms with van der Waals surface area (Å²) in [6.45, 7) is 2.38. The maximum absolute atomic E-state index is 12.1. The van der Waals surface area contributed by atoms with Crippen molar-refractivity contribution in [2.75, 3.05) is 5.73 Å². The summed E-state index contributed by atoms with van der Waals surface area (Å²) in [6.07, 6.45) is 1.71. The van der Waals surface area contributed by atoms with Gasteiger partial charge in [-0.1, -0.05) is 43.1 Å². The van der Waals surface area contributed by atoms with Crippen molar-refractivity contribution >= 4 is 23.2 Å². The maximum atomic E-state index is 12.1. The lowest BCUT2D eigenvalue weighted by Gasteiger charge is -2.06. The van der Waals surface area contributed by atoms with Crippen LogP contribution in [-0.4, -0.2) is 16.1 Å². The normalized spacial score (nSPS) is 10.5. The molecule has 0 fully saturated rings. The molecule has 6 heteroatoms. The molecule has 4 N–H and O–H groups in total. The number of amides is 1. The van der Waals surface area contributed by atoms with Crippen LogP contribution in [0.5, 0.6) is 0 Å². The minimum atomic E-state index is -0.305. The Labute approximate surface area is 122 Å². The number of aromatic nitrogens is 2. The molecule has 0 bridgehead atoms. The second-order valence-corrected chi connectivity index (χ2v) is 4.90. The SMILES string of the molecule is CCCc1[nH]nc(C(=O)NCc2ccccc2Cl)c1N. The Bertz CT molecular complexity index is 609. The Morgan fingerprint density at radius 3 is 2.90 bits per heavy atom. The Balaban J connectivity index is 2.04. The molecule has 20 heavy (non-hydrogen) atoms. The summed E-state index contributed by atoms with van der Waals surface area (Å²) in [4.78, 5) is 12.1. The van der Waals surface area contributed by atoms with E-state index >= 15 is 0 Å². The van der Waals surface area contributed by atoms with Gasteiger partial charge in [-0.05, 0) is 18.1 Å². The number of nitrogens with zero attached hydrogens (tertiary/aromatic N) is 1. The molecular weight excluding hydrogens is 276 g/mol. The molecule has 0 atom stereocenters. The van der Waals surface area contributed by atoms with Gasteiger partial charge in [-0.25, -0.2) is 0 Å². The second kappa shape index (κ2) is 6.43. The lowest BCUT2D eigenvalue weighted by molar-refractivity contribution is 0.0947. The summed E-state index contributed by atoms with van der Waals surface area (Å²) in [5.41, 5.74) is 8.22. The summed E-state index contributed by atoms with van der Waals surface area (Å²) in [6, 6.07) is 7.36. The van der Waals surface area contributed by atoms with E-state index < -0.39 is 0 Å². The van der Waals surface area contributed by atoms with Gasteiger partial charge in [0.25, 0.3) is 5.91 Å². The van der Waals surface area contributed by atoms with Gasteiger partial charge in [0.2, 0.25) is 0 Å². The van der Waals surface area contributed by atoms with Crippen LogP contribution in [0.1, 0.15) is 35.1 Å². The number of hydrogen-bond donors (Lipinski definition) is 3. The van der Waals surface area contributed by atoms with Gasteiger partial charge >= 0.3 is 0 Å². The van der Waals surface area contributed by atoms with Crippen molar-refractivity contribution in [2.24, 2.45) is 0 Å². The molecule has 0 spiro atoms. The average Bonchev–Trinajstić information content (AvgIpc) is 2.80. The number of hydrogen-bond acceptors (Lipinski definition) is 3. The van der Waals surface area contributed by atoms with E-state index in [0.29, 0.717) is 17.3 Å². The van der Waals surface area contributed by atoms with Crippen LogP contribution in [-0.2, 0) is 13.0 Å². The van der Waals surface area contributed by atoms with E-state index in [2.05, 4.69) is 15.5 Å². The molecule has 1 heterocycles. The molecule has 0 radical (unpaired) electrons. The minimum absolute atomic E-state index is 0.237. The number of aromatic amines is 1. The number of benzene rings is 1. The van der Waals surface area contributed by atoms with Gasteiger partial charge in [0.15, 0.2) is 5.69 Å².